The minimum Gasteiger partial charge on any atom is -0.371 e. The third kappa shape index (κ3) is 2.50. The molecule has 1 aromatic heterocycles. The number of para-hydroxylation sites is 1. The highest BCUT2D eigenvalue weighted by Gasteiger charge is 2.29. The zero-order valence-corrected chi connectivity index (χ0v) is 11.4. The van der Waals surface area contributed by atoms with Crippen LogP contribution in [0.1, 0.15) is 31.4 Å². The molecule has 2 unspecified atom stereocenters. The van der Waals surface area contributed by atoms with E-state index in [1.165, 1.54) is 24.2 Å². The molecule has 0 radical (unpaired) electrons. The van der Waals surface area contributed by atoms with E-state index in [4.69, 9.17) is 0 Å². The van der Waals surface area contributed by atoms with Crippen LogP contribution in [0.2, 0.25) is 0 Å². The third-order valence-corrected chi connectivity index (χ3v) is 4.30. The predicted molar refractivity (Wildman–Crippen MR) is 78.4 cm³/mol. The number of hydrogen-bond acceptors (Lipinski definition) is 2. The first-order valence-electron chi connectivity index (χ1n) is 7.17. The van der Waals surface area contributed by atoms with Crippen molar-refractivity contribution in [2.45, 2.75) is 25.7 Å². The summed E-state index contributed by atoms with van der Waals surface area (Å²) in [6, 6.07) is 12.9. The van der Waals surface area contributed by atoms with E-state index in [0.717, 1.165) is 13.1 Å². The van der Waals surface area contributed by atoms with Gasteiger partial charge in [0.15, 0.2) is 0 Å². The van der Waals surface area contributed by atoms with Crippen LogP contribution in [-0.2, 0) is 0 Å². The Bertz CT molecular complexity index is 492. The number of aromatic amines is 1. The monoisotopic (exact) mass is 255 g/mol. The second-order valence-electron chi connectivity index (χ2n) is 5.36. The van der Waals surface area contributed by atoms with Gasteiger partial charge in [0.2, 0.25) is 0 Å². The summed E-state index contributed by atoms with van der Waals surface area (Å²) in [4.78, 5) is 2.51. The highest BCUT2D eigenvalue weighted by Crippen LogP contribution is 2.35. The smallest absolute Gasteiger partial charge is 0.0490 e. The fourth-order valence-electron chi connectivity index (χ4n) is 3.20. The van der Waals surface area contributed by atoms with Gasteiger partial charge in [-0.3, -0.25) is 5.10 Å². The average Bonchev–Trinajstić information content (AvgIpc) is 3.01. The molecule has 0 aliphatic carbocycles. The zero-order chi connectivity index (χ0) is 13.1. The molecule has 100 valence electrons. The molecule has 2 aromatic rings. The van der Waals surface area contributed by atoms with Gasteiger partial charge in [0.25, 0.3) is 0 Å². The number of hydrogen-bond donors (Lipinski definition) is 1. The van der Waals surface area contributed by atoms with Gasteiger partial charge < -0.3 is 4.90 Å². The number of H-pyrrole nitrogens is 1. The minimum atomic E-state index is 0.632. The maximum atomic E-state index is 4.10. The van der Waals surface area contributed by atoms with Crippen LogP contribution in [0, 0.1) is 5.92 Å². The Hall–Kier alpha value is -1.77. The van der Waals surface area contributed by atoms with Crippen molar-refractivity contribution in [3.05, 3.63) is 48.3 Å². The van der Waals surface area contributed by atoms with Crippen molar-refractivity contribution in [3.63, 3.8) is 0 Å². The molecule has 1 N–H and O–H groups in total. The van der Waals surface area contributed by atoms with Crippen molar-refractivity contribution in [3.8, 4) is 0 Å². The summed E-state index contributed by atoms with van der Waals surface area (Å²) in [6.45, 7) is 4.57. The number of piperidine rings is 1. The lowest BCUT2D eigenvalue weighted by atomic mass is 9.81. The molecule has 1 aliphatic rings. The summed E-state index contributed by atoms with van der Waals surface area (Å²) >= 11 is 0. The lowest BCUT2D eigenvalue weighted by Gasteiger charge is -2.39. The van der Waals surface area contributed by atoms with Crippen LogP contribution in [0.15, 0.2) is 42.6 Å². The van der Waals surface area contributed by atoms with Crippen molar-refractivity contribution < 1.29 is 0 Å². The highest BCUT2D eigenvalue weighted by atomic mass is 15.1. The van der Waals surface area contributed by atoms with E-state index in [0.29, 0.717) is 11.8 Å². The van der Waals surface area contributed by atoms with Crippen LogP contribution >= 0.6 is 0 Å². The van der Waals surface area contributed by atoms with Crippen molar-refractivity contribution in [2.75, 3.05) is 18.0 Å². The van der Waals surface area contributed by atoms with E-state index in [9.17, 15) is 0 Å². The maximum absolute atomic E-state index is 4.10. The summed E-state index contributed by atoms with van der Waals surface area (Å²) in [7, 11) is 0. The Morgan fingerprint density at radius 2 is 2.11 bits per heavy atom. The quantitative estimate of drug-likeness (QED) is 0.911. The first kappa shape index (κ1) is 12.3. The Balaban J connectivity index is 1.75. The molecule has 3 nitrogen and oxygen atoms in total. The number of nitrogens with zero attached hydrogens (tertiary/aromatic N) is 2. The van der Waals surface area contributed by atoms with Gasteiger partial charge in [-0.1, -0.05) is 31.5 Å². The van der Waals surface area contributed by atoms with Crippen LogP contribution in [0.3, 0.4) is 0 Å². The van der Waals surface area contributed by atoms with Crippen LogP contribution in [-0.4, -0.2) is 23.3 Å². The number of rotatable bonds is 3. The van der Waals surface area contributed by atoms with E-state index in [1.54, 1.807) is 0 Å². The molecule has 2 heterocycles. The minimum absolute atomic E-state index is 0.632. The summed E-state index contributed by atoms with van der Waals surface area (Å²) in [6.07, 6.45) is 4.29. The normalized spacial score (nSPS) is 23.5. The number of nitrogens with one attached hydrogen (secondary N) is 1. The number of anilines is 1. The van der Waals surface area contributed by atoms with Crippen molar-refractivity contribution in [1.29, 1.82) is 0 Å². The summed E-state index contributed by atoms with van der Waals surface area (Å²) in [5.41, 5.74) is 2.66. The molecular formula is C16H21N3. The second-order valence-corrected chi connectivity index (χ2v) is 5.36. The molecule has 0 amide bonds. The van der Waals surface area contributed by atoms with Crippen LogP contribution in [0.4, 0.5) is 5.69 Å². The maximum Gasteiger partial charge on any atom is 0.0490 e. The fourth-order valence-corrected chi connectivity index (χ4v) is 3.20. The SMILES string of the molecule is CCC1CN(c2ccccc2)CCC1c1ccn[nH]1. The standard InChI is InChI=1S/C16H21N3/c1-2-13-12-19(14-6-4-3-5-7-14)11-9-15(13)16-8-10-17-18-16/h3-8,10,13,15H,2,9,11-12H2,1H3,(H,17,18). The fraction of sp³-hybridized carbons (Fsp3) is 0.438. The molecule has 0 spiro atoms. The first-order valence-corrected chi connectivity index (χ1v) is 7.17. The molecule has 1 aliphatic heterocycles. The van der Waals surface area contributed by atoms with Crippen LogP contribution < -0.4 is 4.90 Å². The molecule has 0 bridgehead atoms. The molecule has 1 fully saturated rings. The van der Waals surface area contributed by atoms with Gasteiger partial charge in [0.1, 0.15) is 0 Å². The van der Waals surface area contributed by atoms with E-state index in [1.807, 2.05) is 6.20 Å². The molecule has 1 aromatic carbocycles. The van der Waals surface area contributed by atoms with Gasteiger partial charge in [0, 0.05) is 36.6 Å². The molecule has 1 saturated heterocycles. The molecule has 19 heavy (non-hydrogen) atoms. The average molecular weight is 255 g/mol. The van der Waals surface area contributed by atoms with Gasteiger partial charge in [-0.15, -0.1) is 0 Å². The topological polar surface area (TPSA) is 31.9 Å². The van der Waals surface area contributed by atoms with Crippen molar-refractivity contribution in [1.82, 2.24) is 10.2 Å². The number of benzene rings is 1. The van der Waals surface area contributed by atoms with Crippen LogP contribution in [0.25, 0.3) is 0 Å². The van der Waals surface area contributed by atoms with Crippen molar-refractivity contribution >= 4 is 5.69 Å². The van der Waals surface area contributed by atoms with Gasteiger partial charge in [0.05, 0.1) is 0 Å². The largest absolute Gasteiger partial charge is 0.371 e. The lowest BCUT2D eigenvalue weighted by molar-refractivity contribution is 0.342. The molecule has 3 heteroatoms. The van der Waals surface area contributed by atoms with E-state index in [-0.39, 0.29) is 0 Å². The van der Waals surface area contributed by atoms with Gasteiger partial charge in [-0.2, -0.15) is 5.10 Å². The Kier molecular flexibility index (Phi) is 3.53. The Labute approximate surface area is 114 Å². The number of aromatic nitrogens is 2. The summed E-state index contributed by atoms with van der Waals surface area (Å²) < 4.78 is 0. The zero-order valence-electron chi connectivity index (χ0n) is 11.4. The van der Waals surface area contributed by atoms with E-state index in [2.05, 4.69) is 58.4 Å². The molecule has 3 rings (SSSR count). The Morgan fingerprint density at radius 1 is 1.26 bits per heavy atom. The third-order valence-electron chi connectivity index (χ3n) is 4.30. The highest BCUT2D eigenvalue weighted by molar-refractivity contribution is 5.46. The predicted octanol–water partition coefficient (Wildman–Crippen LogP) is 3.43. The first-order chi connectivity index (χ1) is 9.38. The van der Waals surface area contributed by atoms with E-state index < -0.39 is 0 Å². The summed E-state index contributed by atoms with van der Waals surface area (Å²) in [5.74, 6) is 1.34. The lowest BCUT2D eigenvalue weighted by Crippen LogP contribution is -2.39. The van der Waals surface area contributed by atoms with Crippen LogP contribution in [0.5, 0.6) is 0 Å². The van der Waals surface area contributed by atoms with Crippen molar-refractivity contribution in [2.24, 2.45) is 5.92 Å². The van der Waals surface area contributed by atoms with E-state index >= 15 is 0 Å². The van der Waals surface area contributed by atoms with Gasteiger partial charge >= 0.3 is 0 Å². The van der Waals surface area contributed by atoms with Gasteiger partial charge in [-0.05, 0) is 30.5 Å². The van der Waals surface area contributed by atoms with Gasteiger partial charge in [-0.25, -0.2) is 0 Å². The molecular weight excluding hydrogens is 234 g/mol. The summed E-state index contributed by atoms with van der Waals surface area (Å²) in [5, 5.41) is 7.26. The molecule has 2 atom stereocenters. The Morgan fingerprint density at radius 3 is 2.79 bits per heavy atom. The molecule has 0 saturated carbocycles. The second kappa shape index (κ2) is 5.47.